The Balaban J connectivity index is 2.13. The summed E-state index contributed by atoms with van der Waals surface area (Å²) in [5.74, 6) is -1.51. The van der Waals surface area contributed by atoms with Crippen molar-refractivity contribution in [1.29, 1.82) is 0 Å². The maximum absolute atomic E-state index is 12.3. The number of carboxylic acid groups (broad SMARTS) is 1. The molecular formula is C21H26NO6-. The van der Waals surface area contributed by atoms with Gasteiger partial charge in [-0.3, -0.25) is 4.79 Å². The third-order valence-corrected chi connectivity index (χ3v) is 4.45. The fraction of sp³-hybridized carbons (Fsp3) is 0.476. The van der Waals surface area contributed by atoms with Crippen LogP contribution in [0.15, 0.2) is 33.5 Å². The van der Waals surface area contributed by atoms with E-state index in [9.17, 15) is 19.5 Å². The molecule has 1 N–H and O–H groups in total. The number of carbonyl (C=O) groups excluding carboxylic acids is 2. The number of fused-ring (bicyclic) bond motifs is 1. The molecule has 0 radical (unpaired) electrons. The highest BCUT2D eigenvalue weighted by Gasteiger charge is 2.20. The zero-order chi connectivity index (χ0) is 20.7. The minimum absolute atomic E-state index is 0.304. The molecule has 2 atom stereocenters. The number of benzene rings is 1. The van der Waals surface area contributed by atoms with E-state index in [1.165, 1.54) is 13.0 Å². The van der Waals surface area contributed by atoms with Gasteiger partial charge in [-0.05, 0) is 37.5 Å². The van der Waals surface area contributed by atoms with Crippen LogP contribution in [0.25, 0.3) is 11.0 Å². The standard InChI is InChI=1S/C21H27NO6/c1-4-6-8-17(21(25)26)22-20(24)13(3)27-15-9-10-16-14(7-5-2)11-19(23)28-18(16)12-15/h9-13,17H,4-8H2,1-3H3,(H,22,24)(H,25,26)/p-1/t13-,17+/m0/s1. The molecule has 28 heavy (non-hydrogen) atoms. The number of rotatable bonds is 10. The second kappa shape index (κ2) is 9.92. The number of nitrogens with one attached hydrogen (secondary N) is 1. The molecule has 2 rings (SSSR count). The van der Waals surface area contributed by atoms with E-state index in [1.54, 1.807) is 18.2 Å². The Labute approximate surface area is 163 Å². The van der Waals surface area contributed by atoms with Crippen LogP contribution in [0.2, 0.25) is 0 Å². The quantitative estimate of drug-likeness (QED) is 0.623. The fourth-order valence-electron chi connectivity index (χ4n) is 2.96. The molecule has 0 aliphatic heterocycles. The lowest BCUT2D eigenvalue weighted by molar-refractivity contribution is -0.308. The third-order valence-electron chi connectivity index (χ3n) is 4.45. The molecule has 2 aromatic rings. The summed E-state index contributed by atoms with van der Waals surface area (Å²) < 4.78 is 10.9. The zero-order valence-electron chi connectivity index (χ0n) is 16.4. The van der Waals surface area contributed by atoms with Crippen LogP contribution in [0.4, 0.5) is 0 Å². The summed E-state index contributed by atoms with van der Waals surface area (Å²) >= 11 is 0. The van der Waals surface area contributed by atoms with Crippen LogP contribution < -0.4 is 20.8 Å². The first-order chi connectivity index (χ1) is 13.3. The Bertz CT molecular complexity index is 888. The Morgan fingerprint density at radius 2 is 1.96 bits per heavy atom. The Kier molecular flexibility index (Phi) is 7.61. The van der Waals surface area contributed by atoms with Crippen LogP contribution in [-0.2, 0) is 16.0 Å². The van der Waals surface area contributed by atoms with E-state index < -0.39 is 29.6 Å². The number of hydrogen-bond acceptors (Lipinski definition) is 6. The van der Waals surface area contributed by atoms with Crippen LogP contribution in [0, 0.1) is 0 Å². The van der Waals surface area contributed by atoms with Crippen molar-refractivity contribution >= 4 is 22.8 Å². The maximum Gasteiger partial charge on any atom is 0.336 e. The van der Waals surface area contributed by atoms with Crippen molar-refractivity contribution in [2.75, 3.05) is 0 Å². The van der Waals surface area contributed by atoms with Gasteiger partial charge in [0.15, 0.2) is 6.10 Å². The molecule has 7 nitrogen and oxygen atoms in total. The summed E-state index contributed by atoms with van der Waals surface area (Å²) in [5.41, 5.74) is 0.849. The normalized spacial score (nSPS) is 13.1. The fourth-order valence-corrected chi connectivity index (χ4v) is 2.96. The van der Waals surface area contributed by atoms with Gasteiger partial charge >= 0.3 is 5.63 Å². The highest BCUT2D eigenvalue weighted by Crippen LogP contribution is 2.24. The van der Waals surface area contributed by atoms with Crippen molar-refractivity contribution in [2.45, 2.75) is 65.0 Å². The molecule has 0 bridgehead atoms. The zero-order valence-corrected chi connectivity index (χ0v) is 16.4. The average molecular weight is 388 g/mol. The number of aliphatic carboxylic acids is 1. The Hall–Kier alpha value is -2.83. The lowest BCUT2D eigenvalue weighted by Gasteiger charge is -2.22. The second-order valence-corrected chi connectivity index (χ2v) is 6.78. The van der Waals surface area contributed by atoms with Crippen molar-refractivity contribution in [2.24, 2.45) is 0 Å². The molecule has 7 heteroatoms. The molecule has 1 aromatic heterocycles. The minimum atomic E-state index is -1.31. The minimum Gasteiger partial charge on any atom is -0.548 e. The van der Waals surface area contributed by atoms with E-state index in [2.05, 4.69) is 5.32 Å². The molecule has 0 aliphatic rings. The Morgan fingerprint density at radius 1 is 1.21 bits per heavy atom. The first-order valence-corrected chi connectivity index (χ1v) is 9.60. The number of ether oxygens (including phenoxy) is 1. The van der Waals surface area contributed by atoms with Crippen LogP contribution in [0.5, 0.6) is 5.75 Å². The predicted molar refractivity (Wildman–Crippen MR) is 103 cm³/mol. The lowest BCUT2D eigenvalue weighted by Crippen LogP contribution is -2.51. The average Bonchev–Trinajstić information content (AvgIpc) is 2.64. The van der Waals surface area contributed by atoms with Crippen molar-refractivity contribution in [3.63, 3.8) is 0 Å². The van der Waals surface area contributed by atoms with Gasteiger partial charge < -0.3 is 24.4 Å². The predicted octanol–water partition coefficient (Wildman–Crippen LogP) is 1.94. The topological polar surface area (TPSA) is 109 Å². The molecule has 1 amide bonds. The molecule has 0 saturated heterocycles. The number of amides is 1. The summed E-state index contributed by atoms with van der Waals surface area (Å²) in [4.78, 5) is 35.2. The van der Waals surface area contributed by atoms with Crippen molar-refractivity contribution in [3.8, 4) is 5.75 Å². The van der Waals surface area contributed by atoms with Gasteiger partial charge in [0, 0.05) is 17.5 Å². The van der Waals surface area contributed by atoms with Crippen molar-refractivity contribution < 1.29 is 23.8 Å². The van der Waals surface area contributed by atoms with Crippen LogP contribution in [0.1, 0.15) is 52.0 Å². The van der Waals surface area contributed by atoms with Gasteiger partial charge in [0.1, 0.15) is 11.3 Å². The smallest absolute Gasteiger partial charge is 0.336 e. The largest absolute Gasteiger partial charge is 0.548 e. The van der Waals surface area contributed by atoms with Gasteiger partial charge in [0.25, 0.3) is 5.91 Å². The van der Waals surface area contributed by atoms with Crippen LogP contribution in [-0.4, -0.2) is 24.0 Å². The summed E-state index contributed by atoms with van der Waals surface area (Å²) in [6, 6.07) is 5.48. The SMILES string of the molecule is CCCC[C@@H](NC(=O)[C@H](C)Oc1ccc2c(CCC)cc(=O)oc2c1)C(=O)[O-]. The summed E-state index contributed by atoms with van der Waals surface area (Å²) in [5, 5.41) is 14.4. The highest BCUT2D eigenvalue weighted by molar-refractivity contribution is 5.86. The first kappa shape index (κ1) is 21.5. The molecular weight excluding hydrogens is 362 g/mol. The van der Waals surface area contributed by atoms with Crippen LogP contribution in [0.3, 0.4) is 0 Å². The van der Waals surface area contributed by atoms with Gasteiger partial charge in [-0.15, -0.1) is 0 Å². The van der Waals surface area contributed by atoms with Gasteiger partial charge in [-0.1, -0.05) is 33.1 Å². The summed E-state index contributed by atoms with van der Waals surface area (Å²) in [6.45, 7) is 5.48. The second-order valence-electron chi connectivity index (χ2n) is 6.78. The number of carbonyl (C=O) groups is 2. The third kappa shape index (κ3) is 5.58. The molecule has 0 saturated carbocycles. The van der Waals surface area contributed by atoms with Crippen molar-refractivity contribution in [3.05, 3.63) is 40.2 Å². The molecule has 0 unspecified atom stereocenters. The number of hydrogen-bond donors (Lipinski definition) is 1. The molecule has 1 heterocycles. The van der Waals surface area contributed by atoms with Gasteiger partial charge in [0.05, 0.1) is 12.0 Å². The molecule has 0 spiro atoms. The van der Waals surface area contributed by atoms with Gasteiger partial charge in [-0.2, -0.15) is 0 Å². The van der Waals surface area contributed by atoms with E-state index in [4.69, 9.17) is 9.15 Å². The lowest BCUT2D eigenvalue weighted by atomic mass is 10.1. The van der Waals surface area contributed by atoms with Gasteiger partial charge in [0.2, 0.25) is 0 Å². The van der Waals surface area contributed by atoms with Crippen molar-refractivity contribution in [1.82, 2.24) is 5.32 Å². The Morgan fingerprint density at radius 3 is 2.61 bits per heavy atom. The molecule has 0 aliphatic carbocycles. The number of aryl methyl sites for hydroxylation is 1. The van der Waals surface area contributed by atoms with E-state index in [1.807, 2.05) is 13.8 Å². The monoisotopic (exact) mass is 388 g/mol. The molecule has 0 fully saturated rings. The van der Waals surface area contributed by atoms with E-state index in [-0.39, 0.29) is 0 Å². The van der Waals surface area contributed by atoms with E-state index in [0.29, 0.717) is 24.2 Å². The summed E-state index contributed by atoms with van der Waals surface area (Å²) in [7, 11) is 0. The molecule has 1 aromatic carbocycles. The maximum atomic E-state index is 12.3. The number of unbranched alkanes of at least 4 members (excludes halogenated alkanes) is 1. The van der Waals surface area contributed by atoms with Crippen LogP contribution >= 0.6 is 0 Å². The highest BCUT2D eigenvalue weighted by atomic mass is 16.5. The van der Waals surface area contributed by atoms with E-state index in [0.717, 1.165) is 30.2 Å². The van der Waals surface area contributed by atoms with E-state index >= 15 is 0 Å². The summed E-state index contributed by atoms with van der Waals surface area (Å²) in [6.07, 6.45) is 2.51. The number of carboxylic acids is 1. The first-order valence-electron chi connectivity index (χ1n) is 9.60. The molecule has 152 valence electrons. The van der Waals surface area contributed by atoms with Gasteiger partial charge in [-0.25, -0.2) is 4.79 Å².